The van der Waals surface area contributed by atoms with Crippen LogP contribution in [0.4, 0.5) is 5.69 Å². The van der Waals surface area contributed by atoms with E-state index in [1.807, 2.05) is 24.3 Å². The largest absolute Gasteiger partial charge is 0.497 e. The maximum atomic E-state index is 13.5. The van der Waals surface area contributed by atoms with Gasteiger partial charge in [-0.25, -0.2) is 8.42 Å². The van der Waals surface area contributed by atoms with Crippen molar-refractivity contribution in [1.82, 2.24) is 9.62 Å². The molecule has 9 nitrogen and oxygen atoms in total. The summed E-state index contributed by atoms with van der Waals surface area (Å²) in [5.74, 6) is 0.181. The molecule has 0 bridgehead atoms. The molecule has 10 heteroatoms. The lowest BCUT2D eigenvalue weighted by Crippen LogP contribution is -2.45. The summed E-state index contributed by atoms with van der Waals surface area (Å²) in [6, 6.07) is 10.5. The van der Waals surface area contributed by atoms with Gasteiger partial charge in [-0.2, -0.15) is 4.31 Å². The highest BCUT2D eigenvalue weighted by Crippen LogP contribution is 2.36. The zero-order chi connectivity index (χ0) is 24.5. The Labute approximate surface area is 199 Å². The standard InChI is InChI=1S/C24H29N3O6S/c1-15-11-20-21(33-16(2)23(28)26-20)12-22(15)34(30,31)27-10-4-5-18(14-27)24(29)25-13-17-6-8-19(32-3)9-7-17/h6-9,11-12,16,18H,4-5,10,13-14H2,1-3H3,(H,25,29)(H,26,28). The molecule has 4 rings (SSSR count). The van der Waals surface area contributed by atoms with E-state index in [4.69, 9.17) is 9.47 Å². The van der Waals surface area contributed by atoms with Gasteiger partial charge >= 0.3 is 0 Å². The van der Waals surface area contributed by atoms with Crippen LogP contribution in [0.1, 0.15) is 30.9 Å². The summed E-state index contributed by atoms with van der Waals surface area (Å²) in [4.78, 5) is 24.8. The second-order valence-electron chi connectivity index (χ2n) is 8.63. The molecule has 34 heavy (non-hydrogen) atoms. The lowest BCUT2D eigenvalue weighted by Gasteiger charge is -2.32. The van der Waals surface area contributed by atoms with Gasteiger partial charge in [-0.15, -0.1) is 0 Å². The Balaban J connectivity index is 1.46. The normalized spacial score (nSPS) is 20.6. The van der Waals surface area contributed by atoms with Gasteiger partial charge in [0.15, 0.2) is 6.10 Å². The number of hydrogen-bond donors (Lipinski definition) is 2. The number of ether oxygens (including phenoxy) is 2. The topological polar surface area (TPSA) is 114 Å². The number of aryl methyl sites for hydroxylation is 1. The Hall–Kier alpha value is -3.11. The van der Waals surface area contributed by atoms with Crippen LogP contribution in [0.3, 0.4) is 0 Å². The maximum Gasteiger partial charge on any atom is 0.265 e. The molecule has 2 aliphatic rings. The third kappa shape index (κ3) is 4.88. The molecule has 2 N–H and O–H groups in total. The van der Waals surface area contributed by atoms with Gasteiger partial charge < -0.3 is 20.1 Å². The first-order valence-corrected chi connectivity index (χ1v) is 12.7. The van der Waals surface area contributed by atoms with Crippen molar-refractivity contribution in [2.75, 3.05) is 25.5 Å². The molecule has 2 atom stereocenters. The number of nitrogens with zero attached hydrogens (tertiary/aromatic N) is 1. The summed E-state index contributed by atoms with van der Waals surface area (Å²) in [6.45, 7) is 4.10. The molecule has 0 aliphatic carbocycles. The summed E-state index contributed by atoms with van der Waals surface area (Å²) in [7, 11) is -2.26. The molecule has 0 spiro atoms. The van der Waals surface area contributed by atoms with Crippen LogP contribution in [0.2, 0.25) is 0 Å². The fourth-order valence-corrected chi connectivity index (χ4v) is 5.96. The van der Waals surface area contributed by atoms with Crippen LogP contribution in [0.25, 0.3) is 0 Å². The number of methoxy groups -OCH3 is 1. The number of nitrogens with one attached hydrogen (secondary N) is 2. The van der Waals surface area contributed by atoms with Crippen LogP contribution in [0.5, 0.6) is 11.5 Å². The number of piperidine rings is 1. The molecule has 1 fully saturated rings. The van der Waals surface area contributed by atoms with E-state index in [1.165, 1.54) is 10.4 Å². The average Bonchev–Trinajstić information content (AvgIpc) is 2.83. The van der Waals surface area contributed by atoms with Crippen molar-refractivity contribution in [3.05, 3.63) is 47.5 Å². The number of fused-ring (bicyclic) bond motifs is 1. The van der Waals surface area contributed by atoms with Gasteiger partial charge in [0.1, 0.15) is 11.5 Å². The highest BCUT2D eigenvalue weighted by molar-refractivity contribution is 7.89. The number of anilines is 1. The molecule has 0 saturated carbocycles. The fraction of sp³-hybridized carbons (Fsp3) is 0.417. The minimum absolute atomic E-state index is 0.112. The van der Waals surface area contributed by atoms with Crippen LogP contribution in [-0.4, -0.2) is 50.8 Å². The highest BCUT2D eigenvalue weighted by atomic mass is 32.2. The molecule has 2 amide bonds. The van der Waals surface area contributed by atoms with Crippen LogP contribution in [0, 0.1) is 12.8 Å². The molecule has 2 aromatic rings. The lowest BCUT2D eigenvalue weighted by molar-refractivity contribution is -0.126. The van der Waals surface area contributed by atoms with E-state index in [-0.39, 0.29) is 23.3 Å². The number of carbonyl (C=O) groups excluding carboxylic acids is 2. The van der Waals surface area contributed by atoms with E-state index in [0.717, 1.165) is 11.3 Å². The quantitative estimate of drug-likeness (QED) is 0.647. The number of benzene rings is 2. The summed E-state index contributed by atoms with van der Waals surface area (Å²) in [5.41, 5.74) is 1.89. The van der Waals surface area contributed by atoms with Crippen LogP contribution in [0.15, 0.2) is 41.3 Å². The Morgan fingerprint density at radius 2 is 2.00 bits per heavy atom. The zero-order valence-corrected chi connectivity index (χ0v) is 20.3. The van der Waals surface area contributed by atoms with Gasteiger partial charge in [0.25, 0.3) is 5.91 Å². The van der Waals surface area contributed by atoms with E-state index >= 15 is 0 Å². The molecule has 2 heterocycles. The number of rotatable bonds is 6. The van der Waals surface area contributed by atoms with Gasteiger partial charge in [0.2, 0.25) is 15.9 Å². The first kappa shape index (κ1) is 24.0. The second kappa shape index (κ2) is 9.63. The molecular formula is C24H29N3O6S. The van der Waals surface area contributed by atoms with E-state index in [1.54, 1.807) is 27.0 Å². The predicted molar refractivity (Wildman–Crippen MR) is 126 cm³/mol. The van der Waals surface area contributed by atoms with Crippen molar-refractivity contribution in [3.63, 3.8) is 0 Å². The molecule has 0 aromatic heterocycles. The van der Waals surface area contributed by atoms with Gasteiger partial charge in [-0.1, -0.05) is 12.1 Å². The third-order valence-corrected chi connectivity index (χ3v) is 8.21. The van der Waals surface area contributed by atoms with E-state index < -0.39 is 22.0 Å². The van der Waals surface area contributed by atoms with Crippen molar-refractivity contribution in [3.8, 4) is 11.5 Å². The molecule has 1 saturated heterocycles. The first-order chi connectivity index (χ1) is 16.2. The van der Waals surface area contributed by atoms with Crippen molar-refractivity contribution in [1.29, 1.82) is 0 Å². The number of sulfonamides is 1. The van der Waals surface area contributed by atoms with E-state index in [2.05, 4.69) is 10.6 Å². The second-order valence-corrected chi connectivity index (χ2v) is 10.5. The van der Waals surface area contributed by atoms with Crippen LogP contribution >= 0.6 is 0 Å². The Morgan fingerprint density at radius 1 is 1.26 bits per heavy atom. The predicted octanol–water partition coefficient (Wildman–Crippen LogP) is 2.44. The van der Waals surface area contributed by atoms with Gasteiger partial charge in [-0.05, 0) is 56.0 Å². The van der Waals surface area contributed by atoms with Gasteiger partial charge in [0.05, 0.1) is 23.6 Å². The molecule has 182 valence electrons. The molecule has 2 unspecified atom stereocenters. The van der Waals surface area contributed by atoms with Crippen LogP contribution < -0.4 is 20.1 Å². The molecular weight excluding hydrogens is 458 g/mol. The van der Waals surface area contributed by atoms with Crippen molar-refractivity contribution < 1.29 is 27.5 Å². The van der Waals surface area contributed by atoms with E-state index in [0.29, 0.717) is 42.9 Å². The average molecular weight is 488 g/mol. The van der Waals surface area contributed by atoms with Crippen LogP contribution in [-0.2, 0) is 26.2 Å². The number of amides is 2. The maximum absolute atomic E-state index is 13.5. The number of carbonyl (C=O) groups is 2. The summed E-state index contributed by atoms with van der Waals surface area (Å²) >= 11 is 0. The van der Waals surface area contributed by atoms with Crippen molar-refractivity contribution >= 4 is 27.5 Å². The molecule has 2 aliphatic heterocycles. The smallest absolute Gasteiger partial charge is 0.265 e. The van der Waals surface area contributed by atoms with Gasteiger partial charge in [0, 0.05) is 25.7 Å². The SMILES string of the molecule is COc1ccc(CNC(=O)C2CCCN(S(=O)(=O)c3cc4c(cc3C)NC(=O)C(C)O4)C2)cc1. The first-order valence-electron chi connectivity index (χ1n) is 11.2. The third-order valence-electron chi connectivity index (χ3n) is 6.21. The van der Waals surface area contributed by atoms with E-state index in [9.17, 15) is 18.0 Å². The lowest BCUT2D eigenvalue weighted by atomic mass is 9.99. The minimum atomic E-state index is -3.85. The summed E-state index contributed by atoms with van der Waals surface area (Å²) < 4.78 is 39.1. The Bertz CT molecular complexity index is 1200. The Morgan fingerprint density at radius 3 is 2.71 bits per heavy atom. The molecule has 0 radical (unpaired) electrons. The highest BCUT2D eigenvalue weighted by Gasteiger charge is 2.35. The Kier molecular flexibility index (Phi) is 6.81. The minimum Gasteiger partial charge on any atom is -0.497 e. The number of hydrogen-bond acceptors (Lipinski definition) is 6. The zero-order valence-electron chi connectivity index (χ0n) is 19.5. The van der Waals surface area contributed by atoms with Crippen molar-refractivity contribution in [2.24, 2.45) is 5.92 Å². The van der Waals surface area contributed by atoms with Gasteiger partial charge in [-0.3, -0.25) is 9.59 Å². The summed E-state index contributed by atoms with van der Waals surface area (Å²) in [5, 5.41) is 5.65. The summed E-state index contributed by atoms with van der Waals surface area (Å²) in [6.07, 6.45) is 0.503. The molecule has 2 aromatic carbocycles. The fourth-order valence-electron chi connectivity index (χ4n) is 4.21. The monoisotopic (exact) mass is 487 g/mol. The van der Waals surface area contributed by atoms with Crippen molar-refractivity contribution in [2.45, 2.75) is 44.2 Å².